The molecule has 0 atom stereocenters. The van der Waals surface area contributed by atoms with Crippen LogP contribution in [-0.2, 0) is 14.6 Å². The first kappa shape index (κ1) is 20.4. The van der Waals surface area contributed by atoms with Crippen LogP contribution in [0.25, 0.3) is 5.57 Å². The van der Waals surface area contributed by atoms with Gasteiger partial charge in [0.25, 0.3) is 0 Å². The molecule has 13 heteroatoms. The molecule has 5 N–H and O–H groups in total. The standard InChI is InChI=1S/C12H11N3O4S.C2HF3O2/c13-2-1-6-5-15-8-7(6)10(16)12-9(11(8)17)14-3-4-20(12,18)19;3-2(4,5)1(6)7/h3-5,16-17H,1-2,13H2;(H,6,7). The zero-order valence-electron chi connectivity index (χ0n) is 13.2. The third-order valence-corrected chi connectivity index (χ3v) is 4.84. The Labute approximate surface area is 149 Å². The Morgan fingerprint density at radius 1 is 1.22 bits per heavy atom. The van der Waals surface area contributed by atoms with Gasteiger partial charge in [-0.3, -0.25) is 9.98 Å². The van der Waals surface area contributed by atoms with Gasteiger partial charge in [-0.25, -0.2) is 13.2 Å². The largest absolute Gasteiger partial charge is 0.506 e. The Morgan fingerprint density at radius 2 is 1.81 bits per heavy atom. The van der Waals surface area contributed by atoms with E-state index in [0.29, 0.717) is 18.5 Å². The molecule has 2 aliphatic heterocycles. The van der Waals surface area contributed by atoms with Gasteiger partial charge >= 0.3 is 12.1 Å². The Kier molecular flexibility index (Phi) is 5.28. The molecule has 3 rings (SSSR count). The Bertz CT molecular complexity index is 1090. The van der Waals surface area contributed by atoms with Gasteiger partial charge in [0.15, 0.2) is 5.75 Å². The summed E-state index contributed by atoms with van der Waals surface area (Å²) >= 11 is 0. The van der Waals surface area contributed by atoms with E-state index >= 15 is 0 Å². The maximum absolute atomic E-state index is 12.0. The van der Waals surface area contributed by atoms with Gasteiger partial charge in [0, 0.05) is 12.4 Å². The van der Waals surface area contributed by atoms with Crippen molar-refractivity contribution in [2.45, 2.75) is 17.5 Å². The number of hydrogen-bond donors (Lipinski definition) is 4. The number of hydrogen-bond acceptors (Lipinski definition) is 8. The average Bonchev–Trinajstić information content (AvgIpc) is 2.96. The normalized spacial score (nSPS) is 16.1. The van der Waals surface area contributed by atoms with Gasteiger partial charge in [0.05, 0.1) is 10.6 Å². The van der Waals surface area contributed by atoms with Crippen molar-refractivity contribution in [1.29, 1.82) is 0 Å². The van der Waals surface area contributed by atoms with Gasteiger partial charge in [-0.2, -0.15) is 13.2 Å². The maximum Gasteiger partial charge on any atom is 0.490 e. The van der Waals surface area contributed by atoms with Gasteiger partial charge < -0.3 is 21.1 Å². The van der Waals surface area contributed by atoms with Crippen molar-refractivity contribution < 1.29 is 41.7 Å². The third-order valence-electron chi connectivity index (χ3n) is 3.41. The molecular formula is C14H12F3N3O6S. The first-order valence-corrected chi connectivity index (χ1v) is 8.61. The fraction of sp³-hybridized carbons (Fsp3) is 0.214. The number of phenolic OH excluding ortho intramolecular Hbond substituents is 2. The predicted molar refractivity (Wildman–Crippen MR) is 85.8 cm³/mol. The number of rotatable bonds is 2. The molecule has 0 aliphatic carbocycles. The van der Waals surface area contributed by atoms with E-state index in [2.05, 4.69) is 9.98 Å². The number of nitrogens with zero attached hydrogens (tertiary/aromatic N) is 2. The topological polar surface area (TPSA) is 163 Å². The summed E-state index contributed by atoms with van der Waals surface area (Å²) in [7, 11) is -3.84. The van der Waals surface area contributed by atoms with Crippen molar-refractivity contribution in [3.63, 3.8) is 0 Å². The molecule has 146 valence electrons. The summed E-state index contributed by atoms with van der Waals surface area (Å²) in [6.07, 6.45) is -2.15. The highest BCUT2D eigenvalue weighted by molar-refractivity contribution is 7.94. The molecule has 0 unspecified atom stereocenters. The summed E-state index contributed by atoms with van der Waals surface area (Å²) in [5.41, 5.74) is 6.18. The number of carbonyl (C=O) groups is 1. The number of aromatic hydroxyl groups is 2. The highest BCUT2D eigenvalue weighted by atomic mass is 32.2. The van der Waals surface area contributed by atoms with E-state index in [4.69, 9.17) is 15.6 Å². The van der Waals surface area contributed by atoms with Crippen molar-refractivity contribution in [3.8, 4) is 11.5 Å². The van der Waals surface area contributed by atoms with Crippen LogP contribution in [0.5, 0.6) is 11.5 Å². The Hall–Kier alpha value is -2.93. The van der Waals surface area contributed by atoms with Crippen LogP contribution in [0.1, 0.15) is 6.42 Å². The molecule has 0 bridgehead atoms. The Balaban J connectivity index is 0.000000321. The zero-order valence-corrected chi connectivity index (χ0v) is 14.0. The zero-order chi connectivity index (χ0) is 20.6. The molecular weight excluding hydrogens is 395 g/mol. The van der Waals surface area contributed by atoms with Gasteiger partial charge in [-0.05, 0) is 18.5 Å². The minimum absolute atomic E-state index is 0.124. The minimum atomic E-state index is -5.08. The number of nitrogens with two attached hydrogens (primary N) is 1. The van der Waals surface area contributed by atoms with Crippen LogP contribution in [0.3, 0.4) is 0 Å². The van der Waals surface area contributed by atoms with Gasteiger partial charge in [0.2, 0.25) is 9.84 Å². The van der Waals surface area contributed by atoms with Crippen molar-refractivity contribution in [3.05, 3.63) is 22.2 Å². The number of phenols is 2. The molecule has 0 radical (unpaired) electrons. The second kappa shape index (κ2) is 7.00. The highest BCUT2D eigenvalue weighted by Gasteiger charge is 2.38. The Morgan fingerprint density at radius 3 is 2.33 bits per heavy atom. The van der Waals surface area contributed by atoms with Gasteiger partial charge in [-0.1, -0.05) is 0 Å². The smallest absolute Gasteiger partial charge is 0.490 e. The molecule has 0 aromatic heterocycles. The molecule has 0 saturated heterocycles. The lowest BCUT2D eigenvalue weighted by Gasteiger charge is -2.10. The van der Waals surface area contributed by atoms with E-state index in [0.717, 1.165) is 11.6 Å². The van der Waals surface area contributed by atoms with Crippen LogP contribution >= 0.6 is 0 Å². The first-order chi connectivity index (χ1) is 12.4. The van der Waals surface area contributed by atoms with Crippen LogP contribution in [0.2, 0.25) is 0 Å². The molecule has 2 aliphatic rings. The fourth-order valence-electron chi connectivity index (χ4n) is 2.30. The number of benzene rings is 1. The quantitative estimate of drug-likeness (QED) is 0.494. The number of aliphatic carboxylic acids is 1. The lowest BCUT2D eigenvalue weighted by atomic mass is 10.1. The lowest BCUT2D eigenvalue weighted by Crippen LogP contribution is -2.23. The summed E-state index contributed by atoms with van der Waals surface area (Å²) in [6.45, 7) is 0.315. The van der Waals surface area contributed by atoms with Crippen LogP contribution in [0.15, 0.2) is 26.5 Å². The number of alkyl halides is 3. The summed E-state index contributed by atoms with van der Waals surface area (Å²) in [5, 5.41) is 28.4. The van der Waals surface area contributed by atoms with E-state index in [1.807, 2.05) is 0 Å². The number of fused-ring (bicyclic) bond motifs is 2. The molecule has 0 saturated carbocycles. The van der Waals surface area contributed by atoms with Gasteiger partial charge in [0.1, 0.15) is 21.7 Å². The lowest BCUT2D eigenvalue weighted by molar-refractivity contribution is -0.192. The first-order valence-electron chi connectivity index (χ1n) is 7.06. The van der Waals surface area contributed by atoms with Crippen LogP contribution < -0.4 is 16.3 Å². The number of sulfone groups is 1. The number of carboxylic acids is 1. The van der Waals surface area contributed by atoms with Crippen molar-refractivity contribution in [2.75, 3.05) is 6.54 Å². The van der Waals surface area contributed by atoms with Crippen LogP contribution in [0.4, 0.5) is 18.9 Å². The average molecular weight is 407 g/mol. The van der Waals surface area contributed by atoms with E-state index in [1.165, 1.54) is 6.21 Å². The summed E-state index contributed by atoms with van der Waals surface area (Å²) in [5.74, 6) is -3.56. The molecule has 9 nitrogen and oxygen atoms in total. The van der Waals surface area contributed by atoms with Crippen molar-refractivity contribution in [2.24, 2.45) is 15.7 Å². The predicted octanol–water partition coefficient (Wildman–Crippen LogP) is -0.175. The third kappa shape index (κ3) is 3.78. The van der Waals surface area contributed by atoms with Gasteiger partial charge in [-0.15, -0.1) is 0 Å². The molecule has 27 heavy (non-hydrogen) atoms. The van der Waals surface area contributed by atoms with Crippen molar-refractivity contribution in [1.82, 2.24) is 0 Å². The molecule has 2 heterocycles. The highest BCUT2D eigenvalue weighted by Crippen LogP contribution is 2.31. The van der Waals surface area contributed by atoms with E-state index in [-0.39, 0.29) is 22.0 Å². The number of halogens is 3. The maximum atomic E-state index is 12.0. The summed E-state index contributed by atoms with van der Waals surface area (Å²) in [6, 6.07) is 0. The van der Waals surface area contributed by atoms with Crippen LogP contribution in [0, 0.1) is 0 Å². The summed E-state index contributed by atoms with van der Waals surface area (Å²) < 4.78 is 55.8. The second-order valence-electron chi connectivity index (χ2n) is 5.18. The fourth-order valence-corrected chi connectivity index (χ4v) is 3.45. The van der Waals surface area contributed by atoms with Crippen LogP contribution in [-0.4, -0.2) is 48.6 Å². The number of aliphatic imine (C=N–C) groups is 1. The number of carboxylic acid groups (broad SMARTS) is 1. The molecule has 1 aromatic rings. The molecule has 0 spiro atoms. The van der Waals surface area contributed by atoms with Crippen molar-refractivity contribution >= 4 is 33.3 Å². The minimum Gasteiger partial charge on any atom is -0.506 e. The second-order valence-corrected chi connectivity index (χ2v) is 6.95. The molecule has 1 aromatic carbocycles. The van der Waals surface area contributed by atoms with E-state index in [9.17, 15) is 31.8 Å². The molecule has 0 amide bonds. The monoisotopic (exact) mass is 407 g/mol. The summed E-state index contributed by atoms with van der Waals surface area (Å²) in [4.78, 5) is 16.3. The van der Waals surface area contributed by atoms with E-state index < -0.39 is 32.6 Å². The SMILES string of the molecule is NCCC1=c2c(O)c3c(c(O)c2N=C1)=NC=CS3(=O)=O.O=C(O)C(F)(F)F. The van der Waals surface area contributed by atoms with E-state index in [1.54, 1.807) is 0 Å². The molecule has 0 fully saturated rings.